The van der Waals surface area contributed by atoms with Crippen LogP contribution >= 0.6 is 0 Å². The second-order valence-corrected chi connectivity index (χ2v) is 5.52. The van der Waals surface area contributed by atoms with Gasteiger partial charge in [-0.1, -0.05) is 23.8 Å². The molecule has 0 radical (unpaired) electrons. The van der Waals surface area contributed by atoms with E-state index in [2.05, 4.69) is 0 Å². The number of ether oxygens (including phenoxy) is 3. The first kappa shape index (κ1) is 17.7. The van der Waals surface area contributed by atoms with Crippen molar-refractivity contribution in [3.05, 3.63) is 53.1 Å². The third-order valence-electron chi connectivity index (χ3n) is 3.98. The summed E-state index contributed by atoms with van der Waals surface area (Å²) in [5.41, 5.74) is 2.44. The molecule has 1 unspecified atom stereocenters. The summed E-state index contributed by atoms with van der Waals surface area (Å²) in [5, 5.41) is 9.74. The molecule has 0 amide bonds. The predicted octanol–water partition coefficient (Wildman–Crippen LogP) is 3.43. The van der Waals surface area contributed by atoms with E-state index in [1.807, 2.05) is 25.1 Å². The minimum atomic E-state index is -0.906. The molecule has 0 bridgehead atoms. The van der Waals surface area contributed by atoms with E-state index >= 15 is 0 Å². The van der Waals surface area contributed by atoms with Gasteiger partial charge in [0.2, 0.25) is 0 Å². The van der Waals surface area contributed by atoms with E-state index in [-0.39, 0.29) is 0 Å². The Morgan fingerprint density at radius 1 is 1.00 bits per heavy atom. The molecule has 1 N–H and O–H groups in total. The van der Waals surface area contributed by atoms with Crippen LogP contribution in [0.15, 0.2) is 36.4 Å². The fourth-order valence-electron chi connectivity index (χ4n) is 2.70. The average Bonchev–Trinajstić information content (AvgIpc) is 2.59. The van der Waals surface area contributed by atoms with E-state index in [1.54, 1.807) is 39.5 Å². The number of hydrogen-bond acceptors (Lipinski definition) is 4. The number of aliphatic carboxylic acids is 1. The number of rotatable bonds is 7. The highest BCUT2D eigenvalue weighted by atomic mass is 16.5. The van der Waals surface area contributed by atoms with Gasteiger partial charge in [-0.25, -0.2) is 0 Å². The highest BCUT2D eigenvalue weighted by Gasteiger charge is 2.25. The van der Waals surface area contributed by atoms with Gasteiger partial charge in [-0.05, 0) is 31.0 Å². The van der Waals surface area contributed by atoms with Crippen molar-refractivity contribution in [2.45, 2.75) is 19.3 Å². The molecule has 5 nitrogen and oxygen atoms in total. The smallest absolute Gasteiger partial charge is 0.311 e. The van der Waals surface area contributed by atoms with Crippen LogP contribution in [0, 0.1) is 6.92 Å². The summed E-state index contributed by atoms with van der Waals surface area (Å²) in [6, 6.07) is 10.9. The Hall–Kier alpha value is -2.69. The predicted molar refractivity (Wildman–Crippen MR) is 91.4 cm³/mol. The molecule has 2 rings (SSSR count). The van der Waals surface area contributed by atoms with E-state index < -0.39 is 11.9 Å². The lowest BCUT2D eigenvalue weighted by Crippen LogP contribution is -2.16. The van der Waals surface area contributed by atoms with Gasteiger partial charge >= 0.3 is 5.97 Å². The molecule has 0 saturated carbocycles. The molecule has 0 saturated heterocycles. The monoisotopic (exact) mass is 330 g/mol. The number of methoxy groups -OCH3 is 3. The molecule has 0 aromatic heterocycles. The van der Waals surface area contributed by atoms with Crippen LogP contribution in [-0.4, -0.2) is 32.4 Å². The van der Waals surface area contributed by atoms with Gasteiger partial charge in [-0.3, -0.25) is 4.79 Å². The number of hydrogen-bond donors (Lipinski definition) is 1. The van der Waals surface area contributed by atoms with Gasteiger partial charge in [0.25, 0.3) is 0 Å². The first-order valence-corrected chi connectivity index (χ1v) is 7.58. The zero-order valence-electron chi connectivity index (χ0n) is 14.3. The molecule has 24 heavy (non-hydrogen) atoms. The van der Waals surface area contributed by atoms with E-state index in [0.29, 0.717) is 29.2 Å². The number of aryl methyl sites for hydroxylation is 1. The standard InChI is InChI=1S/C19H22O5/c1-12-5-8-17(23-3)15(9-12)16(19(20)21)10-13-6-7-14(22-2)11-18(13)24-4/h5-9,11,16H,10H2,1-4H3,(H,20,21). The van der Waals surface area contributed by atoms with E-state index in [9.17, 15) is 9.90 Å². The second-order valence-electron chi connectivity index (χ2n) is 5.52. The summed E-state index contributed by atoms with van der Waals surface area (Å²) >= 11 is 0. The number of benzene rings is 2. The maximum atomic E-state index is 11.9. The molecule has 0 aliphatic rings. The molecule has 0 spiro atoms. The third kappa shape index (κ3) is 3.79. The van der Waals surface area contributed by atoms with Gasteiger partial charge in [-0.2, -0.15) is 0 Å². The molecular weight excluding hydrogens is 308 g/mol. The Morgan fingerprint density at radius 3 is 2.29 bits per heavy atom. The number of carboxylic acids is 1. The van der Waals surface area contributed by atoms with Crippen LogP contribution in [0.5, 0.6) is 17.2 Å². The fraction of sp³-hybridized carbons (Fsp3) is 0.316. The zero-order chi connectivity index (χ0) is 17.7. The Bertz CT molecular complexity index is 724. The molecule has 128 valence electrons. The van der Waals surface area contributed by atoms with Crippen molar-refractivity contribution >= 4 is 5.97 Å². The van der Waals surface area contributed by atoms with E-state index in [4.69, 9.17) is 14.2 Å². The maximum Gasteiger partial charge on any atom is 0.311 e. The van der Waals surface area contributed by atoms with Crippen LogP contribution in [-0.2, 0) is 11.2 Å². The third-order valence-corrected chi connectivity index (χ3v) is 3.98. The Balaban J connectivity index is 2.44. The molecule has 1 atom stereocenters. The van der Waals surface area contributed by atoms with Crippen LogP contribution < -0.4 is 14.2 Å². The van der Waals surface area contributed by atoms with Crippen molar-refractivity contribution in [3.8, 4) is 17.2 Å². The highest BCUT2D eigenvalue weighted by Crippen LogP contribution is 2.34. The summed E-state index contributed by atoms with van der Waals surface area (Å²) < 4.78 is 15.9. The van der Waals surface area contributed by atoms with Gasteiger partial charge in [0.05, 0.1) is 27.2 Å². The fourth-order valence-corrected chi connectivity index (χ4v) is 2.70. The Labute approximate surface area is 141 Å². The first-order valence-electron chi connectivity index (χ1n) is 7.58. The molecule has 0 aliphatic carbocycles. The van der Waals surface area contributed by atoms with Crippen molar-refractivity contribution in [2.75, 3.05) is 21.3 Å². The summed E-state index contributed by atoms with van der Waals surface area (Å²) in [5.74, 6) is 0.197. The topological polar surface area (TPSA) is 65.0 Å². The van der Waals surface area contributed by atoms with Crippen molar-refractivity contribution < 1.29 is 24.1 Å². The maximum absolute atomic E-state index is 11.9. The van der Waals surface area contributed by atoms with Gasteiger partial charge in [0.15, 0.2) is 0 Å². The van der Waals surface area contributed by atoms with Crippen LogP contribution in [0.2, 0.25) is 0 Å². The van der Waals surface area contributed by atoms with E-state index in [1.165, 1.54) is 0 Å². The van der Waals surface area contributed by atoms with Crippen molar-refractivity contribution in [1.29, 1.82) is 0 Å². The van der Waals surface area contributed by atoms with Crippen molar-refractivity contribution in [3.63, 3.8) is 0 Å². The van der Waals surface area contributed by atoms with Gasteiger partial charge in [-0.15, -0.1) is 0 Å². The first-order chi connectivity index (χ1) is 11.5. The minimum Gasteiger partial charge on any atom is -0.497 e. The molecular formula is C19H22O5. The van der Waals surface area contributed by atoms with Crippen LogP contribution in [0.1, 0.15) is 22.6 Å². The lowest BCUT2D eigenvalue weighted by molar-refractivity contribution is -0.138. The normalized spacial score (nSPS) is 11.7. The quantitative estimate of drug-likeness (QED) is 0.842. The van der Waals surface area contributed by atoms with Gasteiger partial charge in [0.1, 0.15) is 17.2 Å². The molecule has 0 fully saturated rings. The lowest BCUT2D eigenvalue weighted by Gasteiger charge is -2.18. The van der Waals surface area contributed by atoms with Gasteiger partial charge < -0.3 is 19.3 Å². The summed E-state index contributed by atoms with van der Waals surface area (Å²) in [6.07, 6.45) is 0.294. The molecule has 2 aromatic carbocycles. The lowest BCUT2D eigenvalue weighted by atomic mass is 9.90. The zero-order valence-corrected chi connectivity index (χ0v) is 14.3. The Morgan fingerprint density at radius 2 is 1.71 bits per heavy atom. The van der Waals surface area contributed by atoms with Gasteiger partial charge in [0, 0.05) is 11.6 Å². The number of carboxylic acid groups (broad SMARTS) is 1. The van der Waals surface area contributed by atoms with Crippen LogP contribution in [0.25, 0.3) is 0 Å². The molecule has 0 aliphatic heterocycles. The Kier molecular flexibility index (Phi) is 5.68. The summed E-state index contributed by atoms with van der Waals surface area (Å²) in [4.78, 5) is 11.9. The second kappa shape index (κ2) is 7.73. The molecule has 2 aromatic rings. The average molecular weight is 330 g/mol. The largest absolute Gasteiger partial charge is 0.497 e. The summed E-state index contributed by atoms with van der Waals surface area (Å²) in [7, 11) is 4.68. The molecule has 5 heteroatoms. The minimum absolute atomic E-state index is 0.294. The van der Waals surface area contributed by atoms with Crippen molar-refractivity contribution in [1.82, 2.24) is 0 Å². The number of carbonyl (C=O) groups is 1. The van der Waals surface area contributed by atoms with Crippen LogP contribution in [0.3, 0.4) is 0 Å². The summed E-state index contributed by atoms with van der Waals surface area (Å²) in [6.45, 7) is 1.93. The van der Waals surface area contributed by atoms with Crippen LogP contribution in [0.4, 0.5) is 0 Å². The van der Waals surface area contributed by atoms with E-state index in [0.717, 1.165) is 11.1 Å². The highest BCUT2D eigenvalue weighted by molar-refractivity contribution is 5.78. The van der Waals surface area contributed by atoms with Crippen molar-refractivity contribution in [2.24, 2.45) is 0 Å². The SMILES string of the molecule is COc1ccc(CC(C(=O)O)c2cc(C)ccc2OC)c(OC)c1. The molecule has 0 heterocycles.